The minimum absolute atomic E-state index is 0. The number of fused-ring (bicyclic) bond motifs is 17. The molecule has 19 rings (SSSR count). The van der Waals surface area contributed by atoms with Gasteiger partial charge in [0.1, 0.15) is 52.9 Å². The number of benzene rings is 3. The van der Waals surface area contributed by atoms with Crippen molar-refractivity contribution in [2.24, 2.45) is 81.3 Å². The Morgan fingerprint density at radius 3 is 1.04 bits per heavy atom. The smallest absolute Gasteiger partial charge is 0.307 e. The van der Waals surface area contributed by atoms with Crippen molar-refractivity contribution in [1.82, 2.24) is 44.6 Å². The van der Waals surface area contributed by atoms with Crippen LogP contribution in [-0.4, -0.2) is 194 Å². The molecule has 3 saturated heterocycles. The Kier molecular flexibility index (Phi) is 33.9. The van der Waals surface area contributed by atoms with Gasteiger partial charge in [0.25, 0.3) is 17.8 Å². The summed E-state index contributed by atoms with van der Waals surface area (Å²) < 4.78 is 149. The molecule has 27 nitrogen and oxygen atoms in total. The quantitative estimate of drug-likeness (QED) is 0.0562. The Labute approximate surface area is 862 Å². The fourth-order valence-corrected chi connectivity index (χ4v) is 25.4. The molecule has 10 fully saturated rings. The molecular weight excluding hydrogens is 1950 g/mol. The number of carbonyl (C=O) groups excluding carboxylic acids is 9. The molecule has 2 unspecified atom stereocenters. The maximum atomic E-state index is 16.1. The first-order valence-electron chi connectivity index (χ1n) is 50.7. The molecule has 3 amide bonds. The van der Waals surface area contributed by atoms with Gasteiger partial charge in [-0.3, -0.25) is 28.8 Å². The molecule has 6 aliphatic heterocycles. The van der Waals surface area contributed by atoms with E-state index in [4.69, 9.17) is 42.6 Å². The standard InChI is InChI=1S/C36H44F2N3O6.C36H46F2N3O6.C34H42F2N3O6.3V/c1-20-28(19-42)41-18-30(20)47-33-32(39-26-10-9-22(45-3)16-27(26)40-33)36(37,38)13-5-4-8-23-24-14-21(24)15-29(23)46-31(43)17-25(34(41)44)35(2)11-6-7-12-35;1-22-28(21-42)41-20-29(22)46-32-31(39-26-13-12-24(45-4)18-27(26)40-32)36(37,38)17-6-5-10-23-11-9-16-35(23,3)47-30(43)19-25(33(41)44)34(2)14-7-8-15-34;1-20-26(19-40)39-18-27(20)44-30-29(37-24-11-10-22(43-4)15-25(24)38-30)34(35,36)14-6-5-9-21-17-33(21,3)45-28(41)16-23(31(39)42)32(2)12-7-8-13-32;;;/h9-10,16,20-21,23-25,28-30H,4-8,11-15,17-18H2,1-3H3;12-13,18,22-23,25,28-29H,5-11,14-17,19-20H2,1-4H3;10-11,15,20-21,23,26-27H,5-9,12-14,16-18H2,1-4H3;;;/q3*-1;;;/t20-,21?,23+,24?,25+,28+,29+,30-;22-,23+,25+,28+,29-,35+;20-,21+,23+,26+,27-,33+;;;/m000.../s1. The molecule has 6 aromatic rings. The number of halogens is 6. The molecule has 9 heterocycles. The number of hydrogen-bond acceptors (Lipinski definition) is 24. The number of carbonyl (C=O) groups is 6. The van der Waals surface area contributed by atoms with Gasteiger partial charge in [-0.1, -0.05) is 117 Å². The number of amides is 3. The summed E-state index contributed by atoms with van der Waals surface area (Å²) in [6, 6.07) is 11.6. The summed E-state index contributed by atoms with van der Waals surface area (Å²) >= 11 is 0. The van der Waals surface area contributed by atoms with Crippen molar-refractivity contribution < 1.29 is 168 Å². The number of alkyl halides is 6. The first kappa shape index (κ1) is 109. The predicted molar refractivity (Wildman–Crippen MR) is 498 cm³/mol. The zero-order chi connectivity index (χ0) is 98.8. The summed E-state index contributed by atoms with van der Waals surface area (Å²) in [6.07, 6.45) is 21.5. The second-order valence-electron chi connectivity index (χ2n) is 43.8. The monoisotopic (exact) mass is 2090 g/mol. The van der Waals surface area contributed by atoms with Crippen molar-refractivity contribution in [3.8, 4) is 34.9 Å². The minimum atomic E-state index is -3.36. The van der Waals surface area contributed by atoms with Gasteiger partial charge >= 0.3 is 17.9 Å². The third-order valence-electron chi connectivity index (χ3n) is 34.5. The number of hydrogen-bond donors (Lipinski definition) is 0. The van der Waals surface area contributed by atoms with E-state index in [0.29, 0.717) is 97.0 Å². The molecule has 142 heavy (non-hydrogen) atoms. The molecule has 7 aliphatic carbocycles. The van der Waals surface area contributed by atoms with E-state index >= 15 is 26.3 Å². The molecule has 769 valence electrons. The van der Waals surface area contributed by atoms with E-state index in [1.165, 1.54) is 36.0 Å². The molecular formula is C106H132F6N9O18V3-3. The Morgan fingerprint density at radius 2 is 0.683 bits per heavy atom. The van der Waals surface area contributed by atoms with E-state index in [9.17, 15) is 43.2 Å². The van der Waals surface area contributed by atoms with Gasteiger partial charge in [-0.25, -0.2) is 48.8 Å². The summed E-state index contributed by atoms with van der Waals surface area (Å²) in [7, 11) is 4.51. The van der Waals surface area contributed by atoms with E-state index in [1.54, 1.807) is 75.4 Å². The Bertz CT molecular complexity index is 5510. The van der Waals surface area contributed by atoms with Gasteiger partial charge in [0.05, 0.1) is 111 Å². The van der Waals surface area contributed by atoms with Gasteiger partial charge in [0.15, 0.2) is 17.1 Å². The molecule has 7 saturated carbocycles. The Balaban J connectivity index is 0.000000167. The Hall–Kier alpha value is -8.36. The van der Waals surface area contributed by atoms with Crippen LogP contribution in [0.25, 0.3) is 33.1 Å². The van der Waals surface area contributed by atoms with Crippen molar-refractivity contribution >= 4 is 87.6 Å². The second kappa shape index (κ2) is 44.0. The fraction of sp³-hybridized carbons (Fsp3) is 0.689. The zero-order valence-electron chi connectivity index (χ0n) is 83.0. The van der Waals surface area contributed by atoms with Crippen molar-refractivity contribution in [1.29, 1.82) is 0 Å². The molecule has 3 radical (unpaired) electrons. The summed E-state index contributed by atoms with van der Waals surface area (Å²) in [6.45, 7) is 15.1. The van der Waals surface area contributed by atoms with Gasteiger partial charge in [0, 0.05) is 99.0 Å². The van der Waals surface area contributed by atoms with E-state index < -0.39 is 171 Å². The zero-order valence-corrected chi connectivity index (χ0v) is 87.2. The fourth-order valence-electron chi connectivity index (χ4n) is 25.4. The van der Waals surface area contributed by atoms with Crippen molar-refractivity contribution in [3.05, 3.63) is 71.7 Å². The molecule has 6 bridgehead atoms. The van der Waals surface area contributed by atoms with Crippen LogP contribution in [0.1, 0.15) is 284 Å². The number of nitrogens with zero attached hydrogens (tertiary/aromatic N) is 9. The van der Waals surface area contributed by atoms with Crippen molar-refractivity contribution in [3.63, 3.8) is 0 Å². The molecule has 0 N–H and O–H groups in total. The van der Waals surface area contributed by atoms with Crippen LogP contribution < -0.4 is 28.4 Å². The van der Waals surface area contributed by atoms with Gasteiger partial charge < -0.3 is 71.7 Å². The molecule has 20 atom stereocenters. The largest absolute Gasteiger partial charge is 0.540 e. The number of esters is 3. The van der Waals surface area contributed by atoms with Crippen LogP contribution in [0.5, 0.6) is 34.9 Å². The summed E-state index contributed by atoms with van der Waals surface area (Å²) in [5, 5.41) is 0. The van der Waals surface area contributed by atoms with E-state index in [-0.39, 0.29) is 190 Å². The number of aromatic nitrogens is 6. The predicted octanol–water partition coefficient (Wildman–Crippen LogP) is 18.8. The maximum absolute atomic E-state index is 16.1. The van der Waals surface area contributed by atoms with Crippen LogP contribution in [0.15, 0.2) is 54.6 Å². The van der Waals surface area contributed by atoms with Crippen molar-refractivity contribution in [2.45, 2.75) is 339 Å². The van der Waals surface area contributed by atoms with Gasteiger partial charge in [-0.05, 0) is 223 Å². The first-order valence-corrected chi connectivity index (χ1v) is 50.7. The van der Waals surface area contributed by atoms with E-state index in [2.05, 4.69) is 36.8 Å². The number of ether oxygens (including phenoxy) is 9. The second-order valence-corrected chi connectivity index (χ2v) is 43.8. The van der Waals surface area contributed by atoms with Crippen LogP contribution in [-0.2, 0) is 131 Å². The number of methoxy groups -OCH3 is 3. The van der Waals surface area contributed by atoms with Gasteiger partial charge in [0.2, 0.25) is 35.4 Å². The normalized spacial score (nSPS) is 33.1. The van der Waals surface area contributed by atoms with Crippen LogP contribution >= 0.6 is 0 Å². The van der Waals surface area contributed by atoms with Gasteiger partial charge in [-0.15, -0.1) is 0 Å². The van der Waals surface area contributed by atoms with Crippen molar-refractivity contribution in [2.75, 3.05) is 41.0 Å². The average molecular weight is 2090 g/mol. The molecule has 3 aromatic heterocycles. The molecule has 36 heteroatoms. The first-order chi connectivity index (χ1) is 66.2. The van der Waals surface area contributed by atoms with E-state index in [0.717, 1.165) is 103 Å². The summed E-state index contributed by atoms with van der Waals surface area (Å²) in [4.78, 5) is 152. The van der Waals surface area contributed by atoms with E-state index in [1.807, 2.05) is 46.6 Å². The SMILES string of the molecule is COc1ccc2nc3c(nc2c1)O[C@H]1CN(C(=O)[C@H](C2(C)CCCC2)CC(=O)O[C@@H]2CC4CC4[C@H]2CCCCC3(F)F)[C@H]([C-]=O)[C@@H]1C.COc1ccc2nc3c(nc2c1)O[C@H]1CN(C(=O)[C@H](C2(C)CCCC2)CC(=O)O[C@]2(C)CCC[C@H]2CCCCC3(F)F)[C@H]([C-]=O)[C@@H]1C.COc1ccc2nc3c(nc2c1)O[C@H]1CN(C(=O)[C@H](C2(C)CCCC2)CC(=O)O[C@]2(C)C[C@H]2CCCCC3(F)F)[C@H]([C-]=O)[C@@H]1C.[V].[V].[V]. The molecule has 13 aliphatic rings. The molecule has 3 aromatic carbocycles. The topological polar surface area (TPSA) is 324 Å². The van der Waals surface area contributed by atoms with Crippen LogP contribution in [0.2, 0.25) is 0 Å². The summed E-state index contributed by atoms with van der Waals surface area (Å²) in [5.74, 6) is -14.3. The maximum Gasteiger partial charge on any atom is 0.307 e. The van der Waals surface area contributed by atoms with Crippen LogP contribution in [0.3, 0.4) is 0 Å². The average Bonchev–Trinajstić information content (AvgIpc) is 1.66. The van der Waals surface area contributed by atoms with Gasteiger partial charge in [-0.2, -0.15) is 26.3 Å². The summed E-state index contributed by atoms with van der Waals surface area (Å²) in [5.41, 5.74) is -2.54. The minimum Gasteiger partial charge on any atom is -0.540 e. The third kappa shape index (κ3) is 22.6. The van der Waals surface area contributed by atoms with Crippen LogP contribution in [0.4, 0.5) is 26.3 Å². The van der Waals surface area contributed by atoms with Crippen LogP contribution in [0, 0.1) is 81.3 Å². The molecule has 0 spiro atoms. The Morgan fingerprint density at radius 1 is 0.359 bits per heavy atom. The third-order valence-corrected chi connectivity index (χ3v) is 34.5. The number of rotatable bonds is 9.